The number of fused-ring (bicyclic) bond motifs is 2. The number of ether oxygens (including phenoxy) is 2. The smallest absolute Gasteiger partial charge is 0.201 e. The Morgan fingerprint density at radius 2 is 1.45 bits per heavy atom. The number of ketones is 3. The molecule has 53 heavy (non-hydrogen) atoms. The number of carbonyl (C=O) groups excluding carboxylic acids is 3. The zero-order valence-electron chi connectivity index (χ0n) is 31.2. The molecule has 0 fully saturated rings. The minimum Gasteiger partial charge on any atom is -0.507 e. The molecule has 1 atom stereocenters. The van der Waals surface area contributed by atoms with Gasteiger partial charge < -0.3 is 29.9 Å². The van der Waals surface area contributed by atoms with Gasteiger partial charge in [0.25, 0.3) is 0 Å². The molecule has 0 bridgehead atoms. The van der Waals surface area contributed by atoms with Gasteiger partial charge in [-0.05, 0) is 82.7 Å². The minimum absolute atomic E-state index is 0.00747. The molecule has 4 N–H and O–H groups in total. The van der Waals surface area contributed by atoms with Gasteiger partial charge in [0.1, 0.15) is 46.7 Å². The maximum absolute atomic E-state index is 14.1. The predicted octanol–water partition coefficient (Wildman–Crippen LogP) is 9.08. The zero-order valence-corrected chi connectivity index (χ0v) is 31.2. The lowest BCUT2D eigenvalue weighted by atomic mass is 9.76. The molecule has 0 amide bonds. The summed E-state index contributed by atoms with van der Waals surface area (Å²) in [5.41, 5.74) is 2.21. The third kappa shape index (κ3) is 7.70. The summed E-state index contributed by atoms with van der Waals surface area (Å²) in [6.07, 6.45) is 5.92. The predicted molar refractivity (Wildman–Crippen MR) is 203 cm³/mol. The van der Waals surface area contributed by atoms with Crippen molar-refractivity contribution in [2.75, 3.05) is 13.7 Å². The van der Waals surface area contributed by atoms with Crippen molar-refractivity contribution in [1.29, 1.82) is 0 Å². The fourth-order valence-electron chi connectivity index (χ4n) is 6.91. The lowest BCUT2D eigenvalue weighted by Crippen LogP contribution is -2.23. The summed E-state index contributed by atoms with van der Waals surface area (Å²) in [6, 6.07) is 13.7. The van der Waals surface area contributed by atoms with Crippen molar-refractivity contribution in [3.63, 3.8) is 0 Å². The van der Waals surface area contributed by atoms with Gasteiger partial charge in [-0.25, -0.2) is 0 Å². The first-order valence-corrected chi connectivity index (χ1v) is 17.6. The number of hydrogen-bond donors (Lipinski definition) is 4. The van der Waals surface area contributed by atoms with E-state index in [0.717, 1.165) is 18.4 Å². The van der Waals surface area contributed by atoms with Gasteiger partial charge in [0.2, 0.25) is 11.6 Å². The highest BCUT2D eigenvalue weighted by atomic mass is 16.5. The number of carbonyl (C=O) groups is 3. The number of aromatic hydroxyl groups is 4. The lowest BCUT2D eigenvalue weighted by Gasteiger charge is -2.29. The molecular weight excluding hydrogens is 672 g/mol. The second-order valence-electron chi connectivity index (χ2n) is 14.2. The maximum atomic E-state index is 14.1. The van der Waals surface area contributed by atoms with Crippen LogP contribution >= 0.6 is 0 Å². The van der Waals surface area contributed by atoms with Crippen LogP contribution in [0, 0.1) is 12.8 Å². The normalized spacial score (nSPS) is 13.0. The Labute approximate surface area is 309 Å². The first kappa shape index (κ1) is 38.4. The van der Waals surface area contributed by atoms with Gasteiger partial charge in [0, 0.05) is 39.8 Å². The van der Waals surface area contributed by atoms with E-state index in [1.54, 1.807) is 37.3 Å². The fraction of sp³-hybridized carbons (Fsp3) is 0.295. The van der Waals surface area contributed by atoms with Gasteiger partial charge in [0.15, 0.2) is 5.78 Å². The van der Waals surface area contributed by atoms with Gasteiger partial charge in [-0.2, -0.15) is 0 Å². The van der Waals surface area contributed by atoms with Crippen molar-refractivity contribution in [3.05, 3.63) is 128 Å². The van der Waals surface area contributed by atoms with Crippen molar-refractivity contribution in [2.24, 2.45) is 5.92 Å². The van der Waals surface area contributed by atoms with Crippen molar-refractivity contribution >= 4 is 17.3 Å². The molecular formula is C44H46O9. The number of allylic oxidation sites excluding steroid dienone is 3. The molecule has 276 valence electrons. The first-order chi connectivity index (χ1) is 25.2. The van der Waals surface area contributed by atoms with Gasteiger partial charge >= 0.3 is 0 Å². The maximum Gasteiger partial charge on any atom is 0.201 e. The van der Waals surface area contributed by atoms with Crippen molar-refractivity contribution < 1.29 is 44.3 Å². The van der Waals surface area contributed by atoms with Crippen LogP contribution in [0.15, 0.2) is 77.9 Å². The van der Waals surface area contributed by atoms with E-state index >= 15 is 0 Å². The van der Waals surface area contributed by atoms with Crippen LogP contribution in [0.1, 0.15) is 124 Å². The molecule has 0 aromatic heterocycles. The number of aryl methyl sites for hydroxylation is 1. The zero-order chi connectivity index (χ0) is 38.7. The summed E-state index contributed by atoms with van der Waals surface area (Å²) in [5.74, 6) is -5.00. The minimum atomic E-state index is -0.994. The summed E-state index contributed by atoms with van der Waals surface area (Å²) in [7, 11) is 1.36. The molecule has 0 saturated heterocycles. The van der Waals surface area contributed by atoms with Crippen LogP contribution in [0.25, 0.3) is 0 Å². The Kier molecular flexibility index (Phi) is 11.5. The van der Waals surface area contributed by atoms with E-state index in [9.17, 15) is 34.8 Å². The highest BCUT2D eigenvalue weighted by molar-refractivity contribution is 6.30. The molecule has 5 rings (SSSR count). The van der Waals surface area contributed by atoms with Crippen molar-refractivity contribution in [2.45, 2.75) is 66.7 Å². The highest BCUT2D eigenvalue weighted by Gasteiger charge is 2.40. The second kappa shape index (κ2) is 15.8. The Morgan fingerprint density at radius 1 is 0.792 bits per heavy atom. The third-order valence-electron chi connectivity index (χ3n) is 9.44. The summed E-state index contributed by atoms with van der Waals surface area (Å²) >= 11 is 0. The molecule has 9 nitrogen and oxygen atoms in total. The summed E-state index contributed by atoms with van der Waals surface area (Å²) in [4.78, 5) is 41.7. The molecule has 0 unspecified atom stereocenters. The molecule has 1 aliphatic rings. The van der Waals surface area contributed by atoms with E-state index in [1.165, 1.54) is 36.9 Å². The van der Waals surface area contributed by atoms with E-state index in [-0.39, 0.29) is 80.7 Å². The van der Waals surface area contributed by atoms with Gasteiger partial charge in [-0.3, -0.25) is 14.4 Å². The SMILES string of the molecule is COc1cc2c(c(O)c1[C@@H](CC(C)C)c1c(OC/C=C(\C)CCC=C(C)C)cc(O)c(C(=O)c3ccccc3)c1O)C(=O)c1c(O)cc(C)cc1C2=O. The average molecular weight is 719 g/mol. The molecule has 0 spiro atoms. The Bertz CT molecular complexity index is 2150. The Hall–Kier alpha value is -5.83. The molecule has 0 saturated carbocycles. The summed E-state index contributed by atoms with van der Waals surface area (Å²) in [5, 5.41) is 46.3. The highest BCUT2D eigenvalue weighted by Crippen LogP contribution is 2.53. The number of rotatable bonds is 13. The number of methoxy groups -OCH3 is 1. The summed E-state index contributed by atoms with van der Waals surface area (Å²) in [6.45, 7) is 11.6. The first-order valence-electron chi connectivity index (χ1n) is 17.6. The fourth-order valence-corrected chi connectivity index (χ4v) is 6.91. The van der Waals surface area contributed by atoms with Gasteiger partial charge in [-0.15, -0.1) is 0 Å². The second-order valence-corrected chi connectivity index (χ2v) is 14.2. The molecule has 4 aromatic carbocycles. The van der Waals surface area contributed by atoms with Crippen LogP contribution in [-0.2, 0) is 0 Å². The van der Waals surface area contributed by atoms with E-state index in [4.69, 9.17) is 9.47 Å². The summed E-state index contributed by atoms with van der Waals surface area (Å²) < 4.78 is 12.0. The molecule has 0 radical (unpaired) electrons. The van der Waals surface area contributed by atoms with Crippen LogP contribution in [0.2, 0.25) is 0 Å². The average Bonchev–Trinajstić information content (AvgIpc) is 3.09. The molecule has 1 aliphatic carbocycles. The largest absolute Gasteiger partial charge is 0.507 e. The Morgan fingerprint density at radius 3 is 2.09 bits per heavy atom. The van der Waals surface area contributed by atoms with E-state index in [1.807, 2.05) is 40.7 Å². The van der Waals surface area contributed by atoms with Gasteiger partial charge in [0.05, 0.1) is 18.2 Å². The van der Waals surface area contributed by atoms with Gasteiger partial charge in [-0.1, -0.05) is 61.4 Å². The van der Waals surface area contributed by atoms with E-state index in [0.29, 0.717) is 5.56 Å². The molecule has 9 heteroatoms. The van der Waals surface area contributed by atoms with Crippen molar-refractivity contribution in [1.82, 2.24) is 0 Å². The quantitative estimate of drug-likeness (QED) is 0.0690. The lowest BCUT2D eigenvalue weighted by molar-refractivity contribution is 0.0973. The molecule has 4 aromatic rings. The number of benzene rings is 4. The molecule has 0 aliphatic heterocycles. The van der Waals surface area contributed by atoms with Crippen LogP contribution in [-0.4, -0.2) is 51.5 Å². The molecule has 0 heterocycles. The van der Waals surface area contributed by atoms with E-state index in [2.05, 4.69) is 6.08 Å². The monoisotopic (exact) mass is 718 g/mol. The number of phenolic OH excluding ortho intramolecular Hbond substituents is 4. The van der Waals surface area contributed by atoms with E-state index < -0.39 is 40.5 Å². The Balaban J connectivity index is 1.75. The van der Waals surface area contributed by atoms with Crippen molar-refractivity contribution in [3.8, 4) is 34.5 Å². The standard InChI is InChI=1S/C44H46O9/c1-23(2)12-11-13-25(5)16-17-53-34-22-32(46)39(40(47)27-14-9-8-10-15-27)44(51)37(34)28(18-24(3)4)36-33(52-7)21-30-38(43(36)50)42(49)35-29(41(30)48)19-26(6)20-31(35)45/h8-10,12,14-16,19-22,24,28,45-46,50-51H,11,13,17-18H2,1-7H3/b25-16+/t28-/m1/s1. The third-order valence-corrected chi connectivity index (χ3v) is 9.44. The van der Waals surface area contributed by atoms with Crippen LogP contribution < -0.4 is 9.47 Å². The van der Waals surface area contributed by atoms with Crippen LogP contribution in [0.3, 0.4) is 0 Å². The number of phenols is 4. The number of hydrogen-bond acceptors (Lipinski definition) is 9. The van der Waals surface area contributed by atoms with Crippen LogP contribution in [0.4, 0.5) is 0 Å². The topological polar surface area (TPSA) is 151 Å². The van der Waals surface area contributed by atoms with Crippen LogP contribution in [0.5, 0.6) is 34.5 Å².